The molecule has 0 aromatic rings. The first-order chi connectivity index (χ1) is 9.17. The van der Waals surface area contributed by atoms with Crippen molar-refractivity contribution < 1.29 is 4.79 Å². The number of likely N-dealkylation sites (N-methyl/N-ethyl adjacent to an activating group) is 2. The van der Waals surface area contributed by atoms with Crippen molar-refractivity contribution in [2.24, 2.45) is 5.92 Å². The molecule has 1 saturated heterocycles. The Kier molecular flexibility index (Phi) is 5.26. The summed E-state index contributed by atoms with van der Waals surface area (Å²) >= 11 is 0. The molecule has 0 bridgehead atoms. The molecule has 2 aliphatic rings. The summed E-state index contributed by atoms with van der Waals surface area (Å²) in [6.45, 7) is 9.39. The van der Waals surface area contributed by atoms with Gasteiger partial charge in [-0.3, -0.25) is 9.69 Å². The predicted octanol–water partition coefficient (Wildman–Crippen LogP) is 2.90. The third-order valence-electron chi connectivity index (χ3n) is 5.07. The number of piperazine rings is 1. The summed E-state index contributed by atoms with van der Waals surface area (Å²) in [6, 6.07) is 0.532. The van der Waals surface area contributed by atoms with Gasteiger partial charge in [0.2, 0.25) is 5.91 Å². The molecule has 110 valence electrons. The van der Waals surface area contributed by atoms with Crippen molar-refractivity contribution in [3.05, 3.63) is 0 Å². The molecule has 3 nitrogen and oxygen atoms in total. The fourth-order valence-corrected chi connectivity index (χ4v) is 3.94. The second kappa shape index (κ2) is 6.74. The van der Waals surface area contributed by atoms with Crippen molar-refractivity contribution in [2.45, 2.75) is 71.4 Å². The van der Waals surface area contributed by atoms with Crippen molar-refractivity contribution in [3.63, 3.8) is 0 Å². The molecular formula is C16H30N2O. The minimum Gasteiger partial charge on any atom is -0.338 e. The van der Waals surface area contributed by atoms with Gasteiger partial charge in [0.1, 0.15) is 0 Å². The number of amides is 1. The van der Waals surface area contributed by atoms with E-state index < -0.39 is 0 Å². The number of hydrogen-bond donors (Lipinski definition) is 0. The fourth-order valence-electron chi connectivity index (χ4n) is 3.94. The molecule has 1 amide bonds. The lowest BCUT2D eigenvalue weighted by Crippen LogP contribution is -2.61. The van der Waals surface area contributed by atoms with E-state index in [1.165, 1.54) is 32.1 Å². The van der Waals surface area contributed by atoms with Crippen LogP contribution in [0.3, 0.4) is 0 Å². The minimum atomic E-state index is 0.157. The molecule has 0 aromatic heterocycles. The van der Waals surface area contributed by atoms with Crippen molar-refractivity contribution in [1.82, 2.24) is 9.80 Å². The van der Waals surface area contributed by atoms with Crippen LogP contribution in [-0.4, -0.2) is 47.4 Å². The van der Waals surface area contributed by atoms with Gasteiger partial charge in [0.15, 0.2) is 0 Å². The Labute approximate surface area is 118 Å². The predicted molar refractivity (Wildman–Crippen MR) is 79.1 cm³/mol. The van der Waals surface area contributed by atoms with Crippen molar-refractivity contribution >= 4 is 5.91 Å². The van der Waals surface area contributed by atoms with E-state index in [9.17, 15) is 4.79 Å². The zero-order valence-corrected chi connectivity index (χ0v) is 12.9. The second-order valence-corrected chi connectivity index (χ2v) is 6.32. The van der Waals surface area contributed by atoms with Gasteiger partial charge in [-0.15, -0.1) is 0 Å². The number of carbonyl (C=O) groups excluding carboxylic acids is 1. The molecule has 1 heterocycles. The van der Waals surface area contributed by atoms with E-state index in [1.54, 1.807) is 0 Å². The Hall–Kier alpha value is -0.570. The normalized spacial score (nSPS) is 30.9. The van der Waals surface area contributed by atoms with Crippen LogP contribution in [0.15, 0.2) is 0 Å². The summed E-state index contributed by atoms with van der Waals surface area (Å²) in [4.78, 5) is 17.2. The summed E-state index contributed by atoms with van der Waals surface area (Å²) in [7, 11) is 0. The summed E-state index contributed by atoms with van der Waals surface area (Å²) in [5, 5.41) is 0. The summed E-state index contributed by atoms with van der Waals surface area (Å²) in [5.41, 5.74) is 0. The van der Waals surface area contributed by atoms with Gasteiger partial charge in [-0.05, 0) is 32.7 Å². The molecule has 0 aromatic carbocycles. The standard InChI is InChI=1S/C16H30N2O/c1-4-17-12-13(3)18(5-2)16(19)15(17)11-14-9-7-6-8-10-14/h13-15H,4-12H2,1-3H3. The van der Waals surface area contributed by atoms with Crippen LogP contribution in [0.2, 0.25) is 0 Å². The molecular weight excluding hydrogens is 236 g/mol. The lowest BCUT2D eigenvalue weighted by molar-refractivity contribution is -0.146. The summed E-state index contributed by atoms with van der Waals surface area (Å²) in [6.07, 6.45) is 7.89. The Morgan fingerprint density at radius 2 is 1.79 bits per heavy atom. The average molecular weight is 266 g/mol. The van der Waals surface area contributed by atoms with Crippen LogP contribution in [-0.2, 0) is 4.79 Å². The number of nitrogens with zero attached hydrogens (tertiary/aromatic N) is 2. The Morgan fingerprint density at radius 1 is 1.11 bits per heavy atom. The average Bonchev–Trinajstić information content (AvgIpc) is 2.43. The van der Waals surface area contributed by atoms with Crippen LogP contribution in [0.4, 0.5) is 0 Å². The Bertz CT molecular complexity index is 299. The maximum atomic E-state index is 12.7. The first-order valence-corrected chi connectivity index (χ1v) is 8.21. The van der Waals surface area contributed by atoms with Crippen LogP contribution in [0, 0.1) is 5.92 Å². The highest BCUT2D eigenvalue weighted by molar-refractivity contribution is 5.83. The molecule has 0 spiro atoms. The number of rotatable bonds is 4. The highest BCUT2D eigenvalue weighted by atomic mass is 16.2. The topological polar surface area (TPSA) is 23.6 Å². The van der Waals surface area contributed by atoms with Gasteiger partial charge < -0.3 is 4.90 Å². The highest BCUT2D eigenvalue weighted by Crippen LogP contribution is 2.30. The van der Waals surface area contributed by atoms with Gasteiger partial charge in [0, 0.05) is 19.1 Å². The molecule has 2 fully saturated rings. The number of hydrogen-bond acceptors (Lipinski definition) is 2. The van der Waals surface area contributed by atoms with Gasteiger partial charge >= 0.3 is 0 Å². The molecule has 1 aliphatic heterocycles. The maximum Gasteiger partial charge on any atom is 0.240 e. The van der Waals surface area contributed by atoms with Gasteiger partial charge in [-0.25, -0.2) is 0 Å². The van der Waals surface area contributed by atoms with Crippen molar-refractivity contribution in [1.29, 1.82) is 0 Å². The molecule has 0 N–H and O–H groups in total. The zero-order chi connectivity index (χ0) is 13.8. The van der Waals surface area contributed by atoms with Gasteiger partial charge in [0.05, 0.1) is 6.04 Å². The van der Waals surface area contributed by atoms with E-state index >= 15 is 0 Å². The summed E-state index contributed by atoms with van der Waals surface area (Å²) < 4.78 is 0. The first-order valence-electron chi connectivity index (χ1n) is 8.21. The fraction of sp³-hybridized carbons (Fsp3) is 0.938. The minimum absolute atomic E-state index is 0.157. The SMILES string of the molecule is CCN1CC(C)N(CC)C(=O)C1CC1CCCCC1. The van der Waals surface area contributed by atoms with E-state index in [1.807, 2.05) is 0 Å². The van der Waals surface area contributed by atoms with Crippen molar-refractivity contribution in [3.8, 4) is 0 Å². The van der Waals surface area contributed by atoms with Gasteiger partial charge in [0.25, 0.3) is 0 Å². The first kappa shape index (κ1) is 14.8. The third kappa shape index (κ3) is 3.31. The monoisotopic (exact) mass is 266 g/mol. The molecule has 0 radical (unpaired) electrons. The van der Waals surface area contributed by atoms with Crippen LogP contribution < -0.4 is 0 Å². The molecule has 2 rings (SSSR count). The zero-order valence-electron chi connectivity index (χ0n) is 12.9. The molecule has 2 unspecified atom stereocenters. The molecule has 3 heteroatoms. The summed E-state index contributed by atoms with van der Waals surface area (Å²) in [5.74, 6) is 1.16. The largest absolute Gasteiger partial charge is 0.338 e. The lowest BCUT2D eigenvalue weighted by Gasteiger charge is -2.45. The molecule has 2 atom stereocenters. The van der Waals surface area contributed by atoms with E-state index in [2.05, 4.69) is 30.6 Å². The van der Waals surface area contributed by atoms with E-state index in [4.69, 9.17) is 0 Å². The van der Waals surface area contributed by atoms with Crippen LogP contribution >= 0.6 is 0 Å². The van der Waals surface area contributed by atoms with Gasteiger partial charge in [-0.2, -0.15) is 0 Å². The van der Waals surface area contributed by atoms with E-state index in [-0.39, 0.29) is 6.04 Å². The van der Waals surface area contributed by atoms with Crippen molar-refractivity contribution in [2.75, 3.05) is 19.6 Å². The van der Waals surface area contributed by atoms with Crippen LogP contribution in [0.5, 0.6) is 0 Å². The molecule has 1 aliphatic carbocycles. The molecule has 1 saturated carbocycles. The quantitative estimate of drug-likeness (QED) is 0.781. The smallest absolute Gasteiger partial charge is 0.240 e. The van der Waals surface area contributed by atoms with Crippen LogP contribution in [0.1, 0.15) is 59.3 Å². The molecule has 19 heavy (non-hydrogen) atoms. The van der Waals surface area contributed by atoms with Crippen LogP contribution in [0.25, 0.3) is 0 Å². The Morgan fingerprint density at radius 3 is 2.37 bits per heavy atom. The highest BCUT2D eigenvalue weighted by Gasteiger charge is 2.38. The van der Waals surface area contributed by atoms with E-state index in [0.717, 1.165) is 32.0 Å². The number of carbonyl (C=O) groups is 1. The maximum absolute atomic E-state index is 12.7. The van der Waals surface area contributed by atoms with E-state index in [0.29, 0.717) is 11.9 Å². The van der Waals surface area contributed by atoms with Gasteiger partial charge in [-0.1, -0.05) is 39.0 Å². The second-order valence-electron chi connectivity index (χ2n) is 6.32. The lowest BCUT2D eigenvalue weighted by atomic mass is 9.83. The Balaban J connectivity index is 2.03. The third-order valence-corrected chi connectivity index (χ3v) is 5.07.